The fourth-order valence-corrected chi connectivity index (χ4v) is 2.49. The largest absolute Gasteiger partial charge is 0.385 e. The van der Waals surface area contributed by atoms with Crippen LogP contribution in [0.2, 0.25) is 0 Å². The summed E-state index contributed by atoms with van der Waals surface area (Å²) in [5, 5.41) is 0. The molecule has 1 aliphatic rings. The second-order valence-electron chi connectivity index (χ2n) is 5.16. The van der Waals surface area contributed by atoms with Crippen LogP contribution in [0, 0.1) is 5.92 Å². The van der Waals surface area contributed by atoms with Crippen LogP contribution in [-0.2, 0) is 9.53 Å². The number of carbonyl (C=O) groups is 1. The number of carbonyl (C=O) groups excluding carboxylic acids is 1. The zero-order valence-corrected chi connectivity index (χ0v) is 11.2. The Morgan fingerprint density at radius 3 is 2.88 bits per heavy atom. The first kappa shape index (κ1) is 14.5. The van der Waals surface area contributed by atoms with Crippen molar-refractivity contribution in [2.75, 3.05) is 27.3 Å². The van der Waals surface area contributed by atoms with Crippen molar-refractivity contribution in [3.8, 4) is 0 Å². The Labute approximate surface area is 104 Å². The highest BCUT2D eigenvalue weighted by Crippen LogP contribution is 2.26. The lowest BCUT2D eigenvalue weighted by Crippen LogP contribution is -2.33. The van der Waals surface area contributed by atoms with Crippen molar-refractivity contribution in [1.29, 1.82) is 0 Å². The van der Waals surface area contributed by atoms with Crippen molar-refractivity contribution in [3.63, 3.8) is 0 Å². The van der Waals surface area contributed by atoms with E-state index in [0.29, 0.717) is 25.0 Å². The predicted molar refractivity (Wildman–Crippen MR) is 68.7 cm³/mol. The topological polar surface area (TPSA) is 55.6 Å². The Morgan fingerprint density at radius 1 is 1.47 bits per heavy atom. The molecule has 1 aliphatic carbocycles. The van der Waals surface area contributed by atoms with Crippen molar-refractivity contribution in [3.05, 3.63) is 0 Å². The number of nitrogens with two attached hydrogens (primary N) is 1. The lowest BCUT2D eigenvalue weighted by molar-refractivity contribution is -0.131. The number of ether oxygens (including phenoxy) is 1. The molecule has 4 nitrogen and oxygen atoms in total. The van der Waals surface area contributed by atoms with E-state index in [0.717, 1.165) is 32.2 Å². The molecule has 100 valence electrons. The van der Waals surface area contributed by atoms with Gasteiger partial charge in [-0.3, -0.25) is 4.79 Å². The maximum Gasteiger partial charge on any atom is 0.222 e. The lowest BCUT2D eigenvalue weighted by atomic mass is 9.84. The van der Waals surface area contributed by atoms with E-state index < -0.39 is 0 Å². The molecule has 1 fully saturated rings. The smallest absolute Gasteiger partial charge is 0.222 e. The summed E-state index contributed by atoms with van der Waals surface area (Å²) in [7, 11) is 3.56. The second kappa shape index (κ2) is 7.67. The fraction of sp³-hybridized carbons (Fsp3) is 0.923. The van der Waals surface area contributed by atoms with Gasteiger partial charge in [0.05, 0.1) is 0 Å². The van der Waals surface area contributed by atoms with Gasteiger partial charge in [0.2, 0.25) is 5.91 Å². The molecular weight excluding hydrogens is 216 g/mol. The molecule has 17 heavy (non-hydrogen) atoms. The van der Waals surface area contributed by atoms with E-state index in [4.69, 9.17) is 10.5 Å². The monoisotopic (exact) mass is 242 g/mol. The molecule has 0 radical (unpaired) electrons. The summed E-state index contributed by atoms with van der Waals surface area (Å²) < 4.78 is 4.98. The first-order valence-electron chi connectivity index (χ1n) is 6.62. The van der Waals surface area contributed by atoms with Crippen LogP contribution in [0.3, 0.4) is 0 Å². The zero-order valence-electron chi connectivity index (χ0n) is 11.2. The summed E-state index contributed by atoms with van der Waals surface area (Å²) in [4.78, 5) is 13.8. The molecule has 0 spiro atoms. The van der Waals surface area contributed by atoms with E-state index in [9.17, 15) is 4.79 Å². The third-order valence-corrected chi connectivity index (χ3v) is 3.55. The average Bonchev–Trinajstić information content (AvgIpc) is 2.29. The highest BCUT2D eigenvalue weighted by atomic mass is 16.5. The molecule has 0 saturated heterocycles. The standard InChI is InChI=1S/C13H26N2O2/c1-15(7-4-8-17-2)13(16)10-11-5-3-6-12(14)9-11/h11-12H,3-10,14H2,1-2H3. The summed E-state index contributed by atoms with van der Waals surface area (Å²) >= 11 is 0. The van der Waals surface area contributed by atoms with Gasteiger partial charge in [0.1, 0.15) is 0 Å². The summed E-state index contributed by atoms with van der Waals surface area (Å²) in [6, 6.07) is 0.306. The third kappa shape index (κ3) is 5.50. The van der Waals surface area contributed by atoms with Crippen LogP contribution < -0.4 is 5.73 Å². The Hall–Kier alpha value is -0.610. The number of methoxy groups -OCH3 is 1. The normalized spacial score (nSPS) is 24.6. The van der Waals surface area contributed by atoms with Gasteiger partial charge in [-0.1, -0.05) is 6.42 Å². The first-order valence-corrected chi connectivity index (χ1v) is 6.62. The summed E-state index contributed by atoms with van der Waals surface area (Å²) in [6.07, 6.45) is 6.03. The van der Waals surface area contributed by atoms with E-state index in [1.165, 1.54) is 6.42 Å². The van der Waals surface area contributed by atoms with Crippen LogP contribution in [0.25, 0.3) is 0 Å². The summed E-state index contributed by atoms with van der Waals surface area (Å²) in [5.74, 6) is 0.747. The van der Waals surface area contributed by atoms with Crippen LogP contribution in [0.15, 0.2) is 0 Å². The molecule has 1 amide bonds. The zero-order chi connectivity index (χ0) is 12.7. The third-order valence-electron chi connectivity index (χ3n) is 3.55. The minimum Gasteiger partial charge on any atom is -0.385 e. The number of amides is 1. The summed E-state index contributed by atoms with van der Waals surface area (Å²) in [6.45, 7) is 1.50. The highest BCUT2D eigenvalue weighted by Gasteiger charge is 2.22. The minimum absolute atomic E-state index is 0.250. The van der Waals surface area contributed by atoms with Gasteiger partial charge >= 0.3 is 0 Å². The van der Waals surface area contributed by atoms with Crippen LogP contribution >= 0.6 is 0 Å². The molecule has 0 heterocycles. The van der Waals surface area contributed by atoms with Crippen molar-refractivity contribution >= 4 is 5.91 Å². The molecule has 1 rings (SSSR count). The maximum absolute atomic E-state index is 12.0. The Balaban J connectivity index is 2.22. The van der Waals surface area contributed by atoms with E-state index in [2.05, 4.69) is 0 Å². The maximum atomic E-state index is 12.0. The molecule has 2 atom stereocenters. The van der Waals surface area contributed by atoms with Gasteiger partial charge in [0.25, 0.3) is 0 Å². The molecule has 1 saturated carbocycles. The average molecular weight is 242 g/mol. The number of hydrogen-bond donors (Lipinski definition) is 1. The van der Waals surface area contributed by atoms with E-state index in [1.54, 1.807) is 7.11 Å². The molecule has 4 heteroatoms. The molecule has 0 aromatic carbocycles. The highest BCUT2D eigenvalue weighted by molar-refractivity contribution is 5.76. The summed E-state index contributed by atoms with van der Waals surface area (Å²) in [5.41, 5.74) is 5.93. The van der Waals surface area contributed by atoms with Crippen LogP contribution in [0.4, 0.5) is 0 Å². The number of hydrogen-bond acceptors (Lipinski definition) is 3. The molecule has 0 aliphatic heterocycles. The van der Waals surface area contributed by atoms with Gasteiger partial charge in [-0.05, 0) is 31.6 Å². The van der Waals surface area contributed by atoms with Crippen LogP contribution in [0.1, 0.15) is 38.5 Å². The van der Waals surface area contributed by atoms with Crippen molar-refractivity contribution < 1.29 is 9.53 Å². The molecule has 0 aromatic rings. The van der Waals surface area contributed by atoms with Gasteiger partial charge in [0.15, 0.2) is 0 Å². The van der Waals surface area contributed by atoms with Crippen LogP contribution in [0.5, 0.6) is 0 Å². The van der Waals surface area contributed by atoms with Gasteiger partial charge in [0, 0.05) is 39.8 Å². The van der Waals surface area contributed by atoms with Gasteiger partial charge in [-0.15, -0.1) is 0 Å². The van der Waals surface area contributed by atoms with E-state index in [-0.39, 0.29) is 5.91 Å². The quantitative estimate of drug-likeness (QED) is 0.716. The van der Waals surface area contributed by atoms with Crippen molar-refractivity contribution in [1.82, 2.24) is 4.90 Å². The SMILES string of the molecule is COCCCN(C)C(=O)CC1CCCC(N)C1. The Morgan fingerprint density at radius 2 is 2.24 bits per heavy atom. The Bertz CT molecular complexity index is 233. The fourth-order valence-electron chi connectivity index (χ4n) is 2.49. The van der Waals surface area contributed by atoms with Crippen LogP contribution in [-0.4, -0.2) is 44.2 Å². The van der Waals surface area contributed by atoms with Crippen molar-refractivity contribution in [2.24, 2.45) is 11.7 Å². The van der Waals surface area contributed by atoms with Crippen molar-refractivity contribution in [2.45, 2.75) is 44.6 Å². The molecule has 0 bridgehead atoms. The molecule has 2 N–H and O–H groups in total. The first-order chi connectivity index (χ1) is 8.13. The number of rotatable bonds is 6. The number of nitrogens with zero attached hydrogens (tertiary/aromatic N) is 1. The lowest BCUT2D eigenvalue weighted by Gasteiger charge is -2.27. The minimum atomic E-state index is 0.250. The molecular formula is C13H26N2O2. The van der Waals surface area contributed by atoms with Gasteiger partial charge in [-0.25, -0.2) is 0 Å². The second-order valence-corrected chi connectivity index (χ2v) is 5.16. The van der Waals surface area contributed by atoms with E-state index in [1.807, 2.05) is 11.9 Å². The van der Waals surface area contributed by atoms with E-state index >= 15 is 0 Å². The molecule has 0 aromatic heterocycles. The molecule has 2 unspecified atom stereocenters. The van der Waals surface area contributed by atoms with Gasteiger partial charge in [-0.2, -0.15) is 0 Å². The van der Waals surface area contributed by atoms with Gasteiger partial charge < -0.3 is 15.4 Å². The Kier molecular flexibility index (Phi) is 6.52. The predicted octanol–water partition coefficient (Wildman–Crippen LogP) is 1.39.